The summed E-state index contributed by atoms with van der Waals surface area (Å²) in [5.74, 6) is 1.77. The summed E-state index contributed by atoms with van der Waals surface area (Å²) in [6, 6.07) is 0.503. The molecule has 2 heteroatoms. The maximum atomic E-state index is 6.02. The Hall–Kier alpha value is -0.0800. The number of nitrogens with zero attached hydrogens (tertiary/aromatic N) is 1. The Morgan fingerprint density at radius 1 is 1.27 bits per heavy atom. The first-order valence-corrected chi connectivity index (χ1v) is 4.71. The predicted octanol–water partition coefficient (Wildman–Crippen LogP) is 0.675. The van der Waals surface area contributed by atoms with Crippen LogP contribution in [0.5, 0.6) is 0 Å². The second kappa shape index (κ2) is 2.76. The van der Waals surface area contributed by atoms with E-state index >= 15 is 0 Å². The molecular weight excluding hydrogens is 136 g/mol. The van der Waals surface area contributed by atoms with Gasteiger partial charge in [0, 0.05) is 12.6 Å². The molecule has 2 nitrogen and oxygen atoms in total. The minimum atomic E-state index is 0.503. The van der Waals surface area contributed by atoms with E-state index in [0.29, 0.717) is 6.04 Å². The summed E-state index contributed by atoms with van der Waals surface area (Å²) >= 11 is 0. The third-order valence-corrected chi connectivity index (χ3v) is 3.43. The van der Waals surface area contributed by atoms with Crippen molar-refractivity contribution in [1.29, 1.82) is 0 Å². The van der Waals surface area contributed by atoms with E-state index in [0.717, 1.165) is 11.8 Å². The lowest BCUT2D eigenvalue weighted by Gasteiger charge is -2.34. The lowest BCUT2D eigenvalue weighted by Crippen LogP contribution is -2.42. The molecule has 0 aromatic carbocycles. The van der Waals surface area contributed by atoms with Crippen molar-refractivity contribution in [2.75, 3.05) is 20.1 Å². The van der Waals surface area contributed by atoms with Crippen molar-refractivity contribution >= 4 is 0 Å². The van der Waals surface area contributed by atoms with Crippen molar-refractivity contribution in [3.8, 4) is 0 Å². The molecule has 2 rings (SSSR count). The van der Waals surface area contributed by atoms with E-state index in [4.69, 9.17) is 5.73 Å². The number of rotatable bonds is 0. The van der Waals surface area contributed by atoms with Crippen LogP contribution in [0, 0.1) is 11.8 Å². The molecule has 0 aromatic heterocycles. The van der Waals surface area contributed by atoms with Gasteiger partial charge in [-0.15, -0.1) is 0 Å². The fourth-order valence-corrected chi connectivity index (χ4v) is 2.66. The fraction of sp³-hybridized carbons (Fsp3) is 1.00. The molecule has 0 bridgehead atoms. The maximum absolute atomic E-state index is 6.02. The molecule has 11 heavy (non-hydrogen) atoms. The molecule has 64 valence electrons. The van der Waals surface area contributed by atoms with Crippen LogP contribution in [-0.4, -0.2) is 31.1 Å². The van der Waals surface area contributed by atoms with Crippen LogP contribution in [0.2, 0.25) is 0 Å². The monoisotopic (exact) mass is 154 g/mol. The van der Waals surface area contributed by atoms with Crippen molar-refractivity contribution in [2.24, 2.45) is 17.6 Å². The first-order chi connectivity index (χ1) is 5.27. The molecule has 3 unspecified atom stereocenters. The van der Waals surface area contributed by atoms with Crippen LogP contribution in [0.25, 0.3) is 0 Å². The molecule has 0 aromatic rings. The van der Waals surface area contributed by atoms with Gasteiger partial charge in [-0.25, -0.2) is 0 Å². The second-order valence-electron chi connectivity index (χ2n) is 4.22. The lowest BCUT2D eigenvalue weighted by atomic mass is 9.87. The van der Waals surface area contributed by atoms with Crippen LogP contribution in [-0.2, 0) is 0 Å². The van der Waals surface area contributed by atoms with E-state index in [-0.39, 0.29) is 0 Å². The largest absolute Gasteiger partial charge is 0.327 e. The van der Waals surface area contributed by atoms with E-state index in [1.807, 2.05) is 0 Å². The summed E-state index contributed by atoms with van der Waals surface area (Å²) in [7, 11) is 2.21. The summed E-state index contributed by atoms with van der Waals surface area (Å²) < 4.78 is 0. The molecule has 3 atom stereocenters. The van der Waals surface area contributed by atoms with Crippen LogP contribution in [0.1, 0.15) is 19.3 Å². The number of nitrogens with two attached hydrogens (primary N) is 1. The molecule has 1 aliphatic heterocycles. The van der Waals surface area contributed by atoms with Crippen LogP contribution < -0.4 is 5.73 Å². The number of hydrogen-bond acceptors (Lipinski definition) is 2. The van der Waals surface area contributed by atoms with Crippen LogP contribution in [0.15, 0.2) is 0 Å². The highest BCUT2D eigenvalue weighted by molar-refractivity contribution is 4.91. The van der Waals surface area contributed by atoms with Gasteiger partial charge in [-0.1, -0.05) is 0 Å². The number of hydrogen-bond donors (Lipinski definition) is 1. The number of likely N-dealkylation sites (tertiary alicyclic amines) is 1. The zero-order chi connectivity index (χ0) is 7.84. The summed E-state index contributed by atoms with van der Waals surface area (Å²) in [6.45, 7) is 2.53. The van der Waals surface area contributed by atoms with E-state index in [1.165, 1.54) is 32.4 Å². The molecule has 1 aliphatic carbocycles. The number of piperidine rings is 1. The summed E-state index contributed by atoms with van der Waals surface area (Å²) in [4.78, 5) is 2.42. The highest BCUT2D eigenvalue weighted by Gasteiger charge is 2.36. The van der Waals surface area contributed by atoms with Crippen molar-refractivity contribution in [3.05, 3.63) is 0 Å². The van der Waals surface area contributed by atoms with Crippen LogP contribution in [0.4, 0.5) is 0 Å². The van der Waals surface area contributed by atoms with Gasteiger partial charge in [0.25, 0.3) is 0 Å². The van der Waals surface area contributed by atoms with Gasteiger partial charge in [0.15, 0.2) is 0 Å². The third kappa shape index (κ3) is 1.30. The molecule has 2 aliphatic rings. The zero-order valence-electron chi connectivity index (χ0n) is 7.29. The maximum Gasteiger partial charge on any atom is 0.00821 e. The van der Waals surface area contributed by atoms with Gasteiger partial charge in [0.1, 0.15) is 0 Å². The highest BCUT2D eigenvalue weighted by Crippen LogP contribution is 2.36. The molecule has 1 heterocycles. The molecule has 1 saturated carbocycles. The molecule has 0 amide bonds. The predicted molar refractivity (Wildman–Crippen MR) is 46.3 cm³/mol. The average Bonchev–Trinajstić information content (AvgIpc) is 2.33. The summed E-state index contributed by atoms with van der Waals surface area (Å²) in [5.41, 5.74) is 6.02. The average molecular weight is 154 g/mol. The normalized spacial score (nSPS) is 45.8. The van der Waals surface area contributed by atoms with E-state index in [1.54, 1.807) is 0 Å². The van der Waals surface area contributed by atoms with Crippen LogP contribution >= 0.6 is 0 Å². The topological polar surface area (TPSA) is 29.3 Å². The molecule has 1 saturated heterocycles. The molecule has 2 fully saturated rings. The minimum Gasteiger partial charge on any atom is -0.327 e. The lowest BCUT2D eigenvalue weighted by molar-refractivity contribution is 0.157. The zero-order valence-corrected chi connectivity index (χ0v) is 7.29. The Labute approximate surface area is 68.7 Å². The Bertz CT molecular complexity index is 146. The van der Waals surface area contributed by atoms with Gasteiger partial charge < -0.3 is 10.6 Å². The summed E-state index contributed by atoms with van der Waals surface area (Å²) in [6.07, 6.45) is 4.04. The molecule has 0 radical (unpaired) electrons. The van der Waals surface area contributed by atoms with E-state index in [2.05, 4.69) is 11.9 Å². The SMILES string of the molecule is CN1CCC2CCC(N)C2C1. The van der Waals surface area contributed by atoms with Gasteiger partial charge in [0.2, 0.25) is 0 Å². The van der Waals surface area contributed by atoms with E-state index in [9.17, 15) is 0 Å². The Kier molecular flexibility index (Phi) is 1.90. The minimum absolute atomic E-state index is 0.503. The Morgan fingerprint density at radius 2 is 2.09 bits per heavy atom. The van der Waals surface area contributed by atoms with Gasteiger partial charge in [0.05, 0.1) is 0 Å². The second-order valence-corrected chi connectivity index (χ2v) is 4.22. The van der Waals surface area contributed by atoms with Crippen molar-refractivity contribution in [2.45, 2.75) is 25.3 Å². The van der Waals surface area contributed by atoms with Crippen LogP contribution in [0.3, 0.4) is 0 Å². The van der Waals surface area contributed by atoms with E-state index < -0.39 is 0 Å². The fourth-order valence-electron chi connectivity index (χ4n) is 2.66. The quantitative estimate of drug-likeness (QED) is 0.556. The van der Waals surface area contributed by atoms with Gasteiger partial charge in [-0.05, 0) is 44.7 Å². The van der Waals surface area contributed by atoms with Crippen molar-refractivity contribution in [3.63, 3.8) is 0 Å². The molecule has 0 spiro atoms. The number of fused-ring (bicyclic) bond motifs is 1. The smallest absolute Gasteiger partial charge is 0.00821 e. The van der Waals surface area contributed by atoms with Gasteiger partial charge >= 0.3 is 0 Å². The Morgan fingerprint density at radius 3 is 2.91 bits per heavy atom. The highest BCUT2D eigenvalue weighted by atomic mass is 15.1. The third-order valence-electron chi connectivity index (χ3n) is 3.43. The standard InChI is InChI=1S/C9H18N2/c1-11-5-4-7-2-3-9(10)8(7)6-11/h7-9H,2-6,10H2,1H3. The molecule has 2 N–H and O–H groups in total. The Balaban J connectivity index is 2.01. The van der Waals surface area contributed by atoms with Gasteiger partial charge in [-0.2, -0.15) is 0 Å². The first kappa shape index (κ1) is 7.56. The van der Waals surface area contributed by atoms with Crippen molar-refractivity contribution in [1.82, 2.24) is 4.90 Å². The molecular formula is C9H18N2. The first-order valence-electron chi connectivity index (χ1n) is 4.71. The van der Waals surface area contributed by atoms with Crippen molar-refractivity contribution < 1.29 is 0 Å². The van der Waals surface area contributed by atoms with Gasteiger partial charge in [-0.3, -0.25) is 0 Å². The summed E-state index contributed by atoms with van der Waals surface area (Å²) in [5, 5.41) is 0.